The van der Waals surface area contributed by atoms with Crippen LogP contribution < -0.4 is 10.1 Å². The molecule has 10 heteroatoms. The summed E-state index contributed by atoms with van der Waals surface area (Å²) >= 11 is 0. The zero-order valence-electron chi connectivity index (χ0n) is 16.3. The van der Waals surface area contributed by atoms with Crippen molar-refractivity contribution in [1.82, 2.24) is 15.1 Å². The zero-order chi connectivity index (χ0) is 21.7. The van der Waals surface area contributed by atoms with E-state index >= 15 is 0 Å². The van der Waals surface area contributed by atoms with E-state index < -0.39 is 27.6 Å². The van der Waals surface area contributed by atoms with Crippen molar-refractivity contribution in [3.8, 4) is 17.3 Å². The summed E-state index contributed by atoms with van der Waals surface area (Å²) in [6.45, 7) is 2.95. The highest BCUT2D eigenvalue weighted by Gasteiger charge is 2.45. The highest BCUT2D eigenvalue weighted by Crippen LogP contribution is 2.30. The Hall–Kier alpha value is -3.14. The molecule has 1 aliphatic rings. The number of aromatic nitrogens is 2. The number of hydrogen-bond acceptors (Lipinski definition) is 6. The molecule has 1 fully saturated rings. The van der Waals surface area contributed by atoms with Crippen LogP contribution in [0.15, 0.2) is 42.5 Å². The molecule has 1 aliphatic heterocycles. The lowest BCUT2D eigenvalue weighted by Gasteiger charge is -2.38. The number of ether oxygens (including phenoxy) is 1. The minimum atomic E-state index is -3.10. The molecule has 2 heterocycles. The molecule has 0 aliphatic carbocycles. The highest BCUT2D eigenvalue weighted by molar-refractivity contribution is 7.93. The van der Waals surface area contributed by atoms with E-state index in [1.165, 1.54) is 17.7 Å². The minimum Gasteiger partial charge on any atom is -0.492 e. The summed E-state index contributed by atoms with van der Waals surface area (Å²) in [6.07, 6.45) is -1.48. The van der Waals surface area contributed by atoms with Crippen LogP contribution in [0.3, 0.4) is 0 Å². The standard InChI is InChI=1S/C20H20FN3O5S/c1-12(21)29-15-5-3-4-14(9-15)24-17-7-6-13(8-16(17)19(26)23-24)18(25)22-20(2)10-30(27,28)11-20/h3-9,12H,10-11H2,1-2H3,(H,22,25)(H,23,26). The van der Waals surface area contributed by atoms with Gasteiger partial charge in [-0.2, -0.15) is 0 Å². The largest absolute Gasteiger partial charge is 0.492 e. The number of carbonyl (C=O) groups excluding carboxylic acids is 1. The Labute approximate surface area is 172 Å². The number of rotatable bonds is 5. The molecule has 1 aromatic heterocycles. The van der Waals surface area contributed by atoms with Gasteiger partial charge in [0.05, 0.1) is 33.6 Å². The fraction of sp³-hybridized carbons (Fsp3) is 0.300. The molecule has 30 heavy (non-hydrogen) atoms. The van der Waals surface area contributed by atoms with E-state index in [9.17, 15) is 22.7 Å². The van der Waals surface area contributed by atoms with Crippen molar-refractivity contribution in [3.05, 3.63) is 48.0 Å². The van der Waals surface area contributed by atoms with Gasteiger partial charge in [-0.3, -0.25) is 4.79 Å². The average molecular weight is 433 g/mol. The first-order chi connectivity index (χ1) is 14.1. The van der Waals surface area contributed by atoms with E-state index in [1.54, 1.807) is 43.3 Å². The van der Waals surface area contributed by atoms with Gasteiger partial charge in [-0.05, 0) is 37.3 Å². The van der Waals surface area contributed by atoms with Gasteiger partial charge in [0.25, 0.3) is 5.91 Å². The SMILES string of the molecule is CC(F)Oc1cccc(-n2nc(O)c3cc(C(=O)NC4(C)CS(=O)(=O)C4)ccc32)c1. The Balaban J connectivity index is 1.64. The van der Waals surface area contributed by atoms with Crippen molar-refractivity contribution in [1.29, 1.82) is 0 Å². The van der Waals surface area contributed by atoms with Crippen LogP contribution in [0.1, 0.15) is 24.2 Å². The van der Waals surface area contributed by atoms with E-state index in [-0.39, 0.29) is 22.9 Å². The number of benzene rings is 2. The number of alkyl halides is 1. The Morgan fingerprint density at radius 1 is 1.30 bits per heavy atom. The molecule has 1 unspecified atom stereocenters. The summed E-state index contributed by atoms with van der Waals surface area (Å²) in [7, 11) is -3.10. The van der Waals surface area contributed by atoms with Gasteiger partial charge < -0.3 is 15.2 Å². The highest BCUT2D eigenvalue weighted by atomic mass is 32.2. The lowest BCUT2D eigenvalue weighted by atomic mass is 10.1. The maximum atomic E-state index is 13.1. The maximum Gasteiger partial charge on any atom is 0.251 e. The number of nitrogens with one attached hydrogen (secondary N) is 1. The van der Waals surface area contributed by atoms with Crippen LogP contribution in [-0.2, 0) is 9.84 Å². The minimum absolute atomic E-state index is 0.104. The summed E-state index contributed by atoms with van der Waals surface area (Å²) in [5.41, 5.74) is 0.548. The van der Waals surface area contributed by atoms with Crippen molar-refractivity contribution in [2.75, 3.05) is 11.5 Å². The Morgan fingerprint density at radius 3 is 2.70 bits per heavy atom. The van der Waals surface area contributed by atoms with Gasteiger partial charge in [0.15, 0.2) is 9.84 Å². The molecule has 158 valence electrons. The molecule has 0 spiro atoms. The molecule has 1 saturated heterocycles. The molecule has 0 bridgehead atoms. The van der Waals surface area contributed by atoms with Crippen LogP contribution in [0.5, 0.6) is 11.6 Å². The van der Waals surface area contributed by atoms with Crippen LogP contribution in [0.4, 0.5) is 4.39 Å². The first-order valence-corrected chi connectivity index (χ1v) is 11.0. The van der Waals surface area contributed by atoms with Crippen LogP contribution in [0.2, 0.25) is 0 Å². The van der Waals surface area contributed by atoms with Gasteiger partial charge in [0, 0.05) is 18.6 Å². The fourth-order valence-electron chi connectivity index (χ4n) is 3.66. The summed E-state index contributed by atoms with van der Waals surface area (Å²) in [5.74, 6) is -0.610. The zero-order valence-corrected chi connectivity index (χ0v) is 17.1. The van der Waals surface area contributed by atoms with Crippen molar-refractivity contribution < 1.29 is 27.4 Å². The third-order valence-corrected chi connectivity index (χ3v) is 6.93. The smallest absolute Gasteiger partial charge is 0.251 e. The second-order valence-corrected chi connectivity index (χ2v) is 9.74. The number of sulfone groups is 1. The Bertz CT molecular complexity index is 1240. The third-order valence-electron chi connectivity index (χ3n) is 4.78. The first-order valence-electron chi connectivity index (χ1n) is 9.21. The molecular weight excluding hydrogens is 413 g/mol. The van der Waals surface area contributed by atoms with Crippen LogP contribution >= 0.6 is 0 Å². The van der Waals surface area contributed by atoms with Gasteiger partial charge in [0.2, 0.25) is 12.2 Å². The molecule has 0 saturated carbocycles. The van der Waals surface area contributed by atoms with Gasteiger partial charge in [-0.1, -0.05) is 6.07 Å². The average Bonchev–Trinajstić information content (AvgIpc) is 2.95. The molecule has 2 aromatic carbocycles. The number of nitrogens with zero attached hydrogens (tertiary/aromatic N) is 2. The van der Waals surface area contributed by atoms with Crippen molar-refractivity contribution >= 4 is 26.6 Å². The van der Waals surface area contributed by atoms with E-state index in [1.807, 2.05) is 0 Å². The molecule has 8 nitrogen and oxygen atoms in total. The van der Waals surface area contributed by atoms with Gasteiger partial charge in [-0.15, -0.1) is 5.10 Å². The number of halogens is 1. The number of fused-ring (bicyclic) bond motifs is 1. The fourth-order valence-corrected chi connectivity index (χ4v) is 5.66. The van der Waals surface area contributed by atoms with Crippen LogP contribution in [-0.4, -0.2) is 52.6 Å². The Morgan fingerprint density at radius 2 is 2.03 bits per heavy atom. The lowest BCUT2D eigenvalue weighted by molar-refractivity contribution is 0.0859. The summed E-state index contributed by atoms with van der Waals surface area (Å²) in [4.78, 5) is 12.6. The number of carbonyl (C=O) groups is 1. The predicted molar refractivity (Wildman–Crippen MR) is 108 cm³/mol. The molecule has 1 amide bonds. The normalized spacial score (nSPS) is 17.8. The summed E-state index contributed by atoms with van der Waals surface area (Å²) in [6, 6.07) is 11.3. The number of hydrogen-bond donors (Lipinski definition) is 2. The van der Waals surface area contributed by atoms with E-state index in [0.29, 0.717) is 22.3 Å². The van der Waals surface area contributed by atoms with Crippen LogP contribution in [0, 0.1) is 0 Å². The molecule has 1 atom stereocenters. The quantitative estimate of drug-likeness (QED) is 0.639. The van der Waals surface area contributed by atoms with E-state index in [2.05, 4.69) is 10.4 Å². The number of aromatic hydroxyl groups is 1. The van der Waals surface area contributed by atoms with Gasteiger partial charge in [0.1, 0.15) is 5.75 Å². The molecule has 0 radical (unpaired) electrons. The summed E-state index contributed by atoms with van der Waals surface area (Å²) < 4.78 is 42.5. The van der Waals surface area contributed by atoms with E-state index in [4.69, 9.17) is 4.74 Å². The van der Waals surface area contributed by atoms with Crippen LogP contribution in [0.25, 0.3) is 16.6 Å². The second-order valence-electron chi connectivity index (χ2n) is 7.67. The van der Waals surface area contributed by atoms with Gasteiger partial charge >= 0.3 is 0 Å². The monoisotopic (exact) mass is 433 g/mol. The second kappa shape index (κ2) is 6.98. The Kier molecular flexibility index (Phi) is 4.69. The first kappa shape index (κ1) is 20.1. The maximum absolute atomic E-state index is 13.1. The number of amides is 1. The third kappa shape index (κ3) is 3.82. The molecular formula is C20H20FN3O5S. The van der Waals surface area contributed by atoms with Crippen molar-refractivity contribution in [2.24, 2.45) is 0 Å². The predicted octanol–water partition coefficient (Wildman–Crippen LogP) is 2.34. The van der Waals surface area contributed by atoms with Crippen molar-refractivity contribution in [3.63, 3.8) is 0 Å². The topological polar surface area (TPSA) is 111 Å². The summed E-state index contributed by atoms with van der Waals surface area (Å²) in [5, 5.41) is 17.5. The molecule has 3 aromatic rings. The van der Waals surface area contributed by atoms with Gasteiger partial charge in [-0.25, -0.2) is 17.5 Å². The molecule has 4 rings (SSSR count). The molecule has 2 N–H and O–H groups in total. The van der Waals surface area contributed by atoms with E-state index in [0.717, 1.165) is 0 Å². The van der Waals surface area contributed by atoms with Crippen molar-refractivity contribution in [2.45, 2.75) is 25.7 Å². The lowest BCUT2D eigenvalue weighted by Crippen LogP contribution is -2.63.